The fourth-order valence-electron chi connectivity index (χ4n) is 2.36. The molecule has 2 unspecified atom stereocenters. The van der Waals surface area contributed by atoms with Crippen LogP contribution in [-0.2, 0) is 0 Å². The molecule has 1 N–H and O–H groups in total. The number of hydrogen-bond donors (Lipinski definition) is 1. The summed E-state index contributed by atoms with van der Waals surface area (Å²) in [6, 6.07) is 2.28. The Kier molecular flexibility index (Phi) is 6.43. The summed E-state index contributed by atoms with van der Waals surface area (Å²) in [5.41, 5.74) is 0.589. The minimum absolute atomic E-state index is 0.217. The van der Waals surface area contributed by atoms with Gasteiger partial charge >= 0.3 is 0 Å². The number of aryl methyl sites for hydroxylation is 1. The van der Waals surface area contributed by atoms with Crippen molar-refractivity contribution in [1.82, 2.24) is 0 Å². The van der Waals surface area contributed by atoms with E-state index in [4.69, 9.17) is 0 Å². The Morgan fingerprint density at radius 2 is 1.84 bits per heavy atom. The van der Waals surface area contributed by atoms with Crippen LogP contribution < -0.4 is 0 Å². The van der Waals surface area contributed by atoms with E-state index in [0.29, 0.717) is 17.9 Å². The van der Waals surface area contributed by atoms with Crippen molar-refractivity contribution in [3.63, 3.8) is 0 Å². The van der Waals surface area contributed by atoms with Crippen molar-refractivity contribution in [1.29, 1.82) is 0 Å². The van der Waals surface area contributed by atoms with Crippen molar-refractivity contribution < 1.29 is 13.9 Å². The summed E-state index contributed by atoms with van der Waals surface area (Å²) in [5.74, 6) is -0.827. The highest BCUT2D eigenvalue weighted by Gasteiger charge is 2.19. The third-order valence-corrected chi connectivity index (χ3v) is 3.74. The first kappa shape index (κ1) is 16.1. The SMILES string of the molecule is CCCCC(CC)CC(O)c1cc(C)c(F)cc1F. The van der Waals surface area contributed by atoms with Gasteiger partial charge in [0, 0.05) is 11.6 Å². The molecule has 1 aromatic carbocycles. The van der Waals surface area contributed by atoms with Crippen molar-refractivity contribution >= 4 is 0 Å². The topological polar surface area (TPSA) is 20.2 Å². The molecule has 0 aliphatic heterocycles. The molecule has 0 saturated heterocycles. The maximum Gasteiger partial charge on any atom is 0.131 e. The zero-order valence-corrected chi connectivity index (χ0v) is 12.0. The van der Waals surface area contributed by atoms with Crippen LogP contribution in [0, 0.1) is 24.5 Å². The fourth-order valence-corrected chi connectivity index (χ4v) is 2.36. The van der Waals surface area contributed by atoms with Crippen LogP contribution in [0.5, 0.6) is 0 Å². The second-order valence-electron chi connectivity index (χ2n) is 5.29. The smallest absolute Gasteiger partial charge is 0.131 e. The first-order valence-corrected chi connectivity index (χ1v) is 7.13. The van der Waals surface area contributed by atoms with Gasteiger partial charge in [0.1, 0.15) is 11.6 Å². The van der Waals surface area contributed by atoms with E-state index in [2.05, 4.69) is 13.8 Å². The van der Waals surface area contributed by atoms with Crippen molar-refractivity contribution in [2.75, 3.05) is 0 Å². The number of halogens is 2. The van der Waals surface area contributed by atoms with Crippen molar-refractivity contribution in [3.05, 3.63) is 34.9 Å². The lowest BCUT2D eigenvalue weighted by atomic mass is 9.90. The van der Waals surface area contributed by atoms with Crippen molar-refractivity contribution in [2.45, 2.75) is 59.0 Å². The zero-order valence-electron chi connectivity index (χ0n) is 12.0. The van der Waals surface area contributed by atoms with Gasteiger partial charge in [-0.25, -0.2) is 8.78 Å². The molecule has 0 aliphatic carbocycles. The van der Waals surface area contributed by atoms with Crippen LogP contribution >= 0.6 is 0 Å². The van der Waals surface area contributed by atoms with Gasteiger partial charge in [-0.15, -0.1) is 0 Å². The second-order valence-corrected chi connectivity index (χ2v) is 5.29. The minimum atomic E-state index is -0.846. The molecular formula is C16H24F2O. The Balaban J connectivity index is 2.76. The molecular weight excluding hydrogens is 246 g/mol. The summed E-state index contributed by atoms with van der Waals surface area (Å²) < 4.78 is 26.9. The Morgan fingerprint density at radius 1 is 1.16 bits per heavy atom. The molecule has 0 aliphatic rings. The van der Waals surface area contributed by atoms with Gasteiger partial charge in [0.15, 0.2) is 0 Å². The van der Waals surface area contributed by atoms with E-state index >= 15 is 0 Å². The molecule has 0 saturated carbocycles. The largest absolute Gasteiger partial charge is 0.388 e. The Labute approximate surface area is 114 Å². The van der Waals surface area contributed by atoms with Crippen LogP contribution in [-0.4, -0.2) is 5.11 Å². The number of hydrogen-bond acceptors (Lipinski definition) is 1. The lowest BCUT2D eigenvalue weighted by Crippen LogP contribution is -2.09. The van der Waals surface area contributed by atoms with Crippen LogP contribution in [0.2, 0.25) is 0 Å². The molecule has 108 valence electrons. The molecule has 0 fully saturated rings. The Morgan fingerprint density at radius 3 is 2.42 bits per heavy atom. The maximum atomic E-state index is 13.7. The summed E-state index contributed by atoms with van der Waals surface area (Å²) in [6.45, 7) is 5.80. The number of aliphatic hydroxyl groups is 1. The van der Waals surface area contributed by atoms with E-state index in [1.165, 1.54) is 6.07 Å². The number of rotatable bonds is 7. The Bertz CT molecular complexity index is 404. The Hall–Kier alpha value is -0.960. The van der Waals surface area contributed by atoms with Gasteiger partial charge in [-0.1, -0.05) is 39.5 Å². The van der Waals surface area contributed by atoms with Gasteiger partial charge in [0.25, 0.3) is 0 Å². The van der Waals surface area contributed by atoms with Crippen LogP contribution in [0.4, 0.5) is 8.78 Å². The summed E-state index contributed by atoms with van der Waals surface area (Å²) >= 11 is 0. The lowest BCUT2D eigenvalue weighted by molar-refractivity contribution is 0.135. The van der Waals surface area contributed by atoms with Gasteiger partial charge in [0.05, 0.1) is 6.10 Å². The molecule has 3 heteroatoms. The monoisotopic (exact) mass is 270 g/mol. The van der Waals surface area contributed by atoms with Crippen LogP contribution in [0.1, 0.15) is 63.2 Å². The molecule has 2 atom stereocenters. The first-order chi connectivity index (χ1) is 8.99. The summed E-state index contributed by atoms with van der Waals surface area (Å²) in [5, 5.41) is 10.2. The highest BCUT2D eigenvalue weighted by atomic mass is 19.1. The van der Waals surface area contributed by atoms with E-state index in [-0.39, 0.29) is 5.56 Å². The third kappa shape index (κ3) is 4.57. The van der Waals surface area contributed by atoms with Crippen LogP contribution in [0.15, 0.2) is 12.1 Å². The highest BCUT2D eigenvalue weighted by Crippen LogP contribution is 2.29. The highest BCUT2D eigenvalue weighted by molar-refractivity contribution is 5.27. The van der Waals surface area contributed by atoms with E-state index in [1.807, 2.05) is 0 Å². The molecule has 1 rings (SSSR count). The van der Waals surface area contributed by atoms with Gasteiger partial charge in [-0.3, -0.25) is 0 Å². The normalized spacial score (nSPS) is 14.4. The number of unbranched alkanes of at least 4 members (excludes halogenated alkanes) is 1. The van der Waals surface area contributed by atoms with E-state index < -0.39 is 17.7 Å². The third-order valence-electron chi connectivity index (χ3n) is 3.74. The summed E-state index contributed by atoms with van der Waals surface area (Å²) in [4.78, 5) is 0. The van der Waals surface area contributed by atoms with Crippen molar-refractivity contribution in [2.24, 2.45) is 5.92 Å². The molecule has 0 radical (unpaired) electrons. The number of benzene rings is 1. The number of aliphatic hydroxyl groups excluding tert-OH is 1. The average molecular weight is 270 g/mol. The van der Waals surface area contributed by atoms with Crippen LogP contribution in [0.3, 0.4) is 0 Å². The maximum absolute atomic E-state index is 13.7. The average Bonchev–Trinajstić information content (AvgIpc) is 2.38. The first-order valence-electron chi connectivity index (χ1n) is 7.13. The van der Waals surface area contributed by atoms with E-state index in [1.54, 1.807) is 6.92 Å². The van der Waals surface area contributed by atoms with E-state index in [9.17, 15) is 13.9 Å². The molecule has 1 nitrogen and oxygen atoms in total. The molecule has 0 aromatic heterocycles. The van der Waals surface area contributed by atoms with Gasteiger partial charge in [-0.05, 0) is 30.9 Å². The second kappa shape index (κ2) is 7.59. The molecule has 0 heterocycles. The minimum Gasteiger partial charge on any atom is -0.388 e. The zero-order chi connectivity index (χ0) is 14.4. The van der Waals surface area contributed by atoms with Gasteiger partial charge in [0.2, 0.25) is 0 Å². The van der Waals surface area contributed by atoms with Crippen molar-refractivity contribution in [3.8, 4) is 0 Å². The summed E-state index contributed by atoms with van der Waals surface area (Å²) in [7, 11) is 0. The molecule has 0 bridgehead atoms. The van der Waals surface area contributed by atoms with Crippen LogP contribution in [0.25, 0.3) is 0 Å². The predicted octanol–water partition coefficient (Wildman–Crippen LogP) is 4.91. The molecule has 0 spiro atoms. The standard InChI is InChI=1S/C16H24F2O/c1-4-6-7-12(5-2)9-16(19)13-8-11(3)14(17)10-15(13)18/h8,10,12,16,19H,4-7,9H2,1-3H3. The van der Waals surface area contributed by atoms with E-state index in [0.717, 1.165) is 31.7 Å². The molecule has 0 amide bonds. The fraction of sp³-hybridized carbons (Fsp3) is 0.625. The quantitative estimate of drug-likeness (QED) is 0.746. The van der Waals surface area contributed by atoms with Gasteiger partial charge < -0.3 is 5.11 Å². The molecule has 19 heavy (non-hydrogen) atoms. The van der Waals surface area contributed by atoms with Gasteiger partial charge in [-0.2, -0.15) is 0 Å². The molecule has 1 aromatic rings. The lowest BCUT2D eigenvalue weighted by Gasteiger charge is -2.20. The predicted molar refractivity (Wildman–Crippen MR) is 74.0 cm³/mol. The summed E-state index contributed by atoms with van der Waals surface area (Å²) in [6.07, 6.45) is 3.96.